The van der Waals surface area contributed by atoms with E-state index in [-0.39, 0.29) is 53.5 Å². The molecular weight excluding hydrogens is 488 g/mol. The molecule has 3 aromatic carbocycles. The Bertz CT molecular complexity index is 1340. The van der Waals surface area contributed by atoms with E-state index in [4.69, 9.17) is 4.74 Å². The van der Waals surface area contributed by atoms with Crippen LogP contribution in [0.25, 0.3) is 10.8 Å². The summed E-state index contributed by atoms with van der Waals surface area (Å²) in [5.41, 5.74) is 1.88. The van der Waals surface area contributed by atoms with Gasteiger partial charge in [-0.25, -0.2) is 0 Å². The number of hydrogen-bond acceptors (Lipinski definition) is 4. The Hall–Kier alpha value is -3.67. The van der Waals surface area contributed by atoms with E-state index in [1.807, 2.05) is 74.5 Å². The van der Waals surface area contributed by atoms with Crippen LogP contribution in [-0.4, -0.2) is 36.0 Å². The first kappa shape index (κ1) is 26.9. The number of cyclic esters (lactones) is 1. The first-order valence-electron chi connectivity index (χ1n) is 14.2. The van der Waals surface area contributed by atoms with Crippen LogP contribution < -0.4 is 10.6 Å². The minimum Gasteiger partial charge on any atom is -0.451 e. The molecule has 1 heterocycles. The second-order valence-corrected chi connectivity index (χ2v) is 11.3. The molecule has 39 heavy (non-hydrogen) atoms. The molecule has 6 heteroatoms. The molecule has 3 aromatic rings. The minimum atomic E-state index is -0.689. The van der Waals surface area contributed by atoms with Crippen LogP contribution in [0.1, 0.15) is 56.0 Å². The molecule has 0 radical (unpaired) electrons. The van der Waals surface area contributed by atoms with Crippen molar-refractivity contribution in [3.8, 4) is 0 Å². The third-order valence-electron chi connectivity index (χ3n) is 8.75. The second kappa shape index (κ2) is 11.6. The van der Waals surface area contributed by atoms with Gasteiger partial charge in [0.1, 0.15) is 5.92 Å². The maximum absolute atomic E-state index is 13.4. The van der Waals surface area contributed by atoms with Gasteiger partial charge < -0.3 is 15.4 Å². The summed E-state index contributed by atoms with van der Waals surface area (Å²) in [6.45, 7) is 6.17. The Morgan fingerprint density at radius 3 is 2.41 bits per heavy atom. The van der Waals surface area contributed by atoms with Crippen LogP contribution in [-0.2, 0) is 20.7 Å². The monoisotopic (exact) mass is 526 g/mol. The van der Waals surface area contributed by atoms with Gasteiger partial charge in [-0.1, -0.05) is 87.9 Å². The van der Waals surface area contributed by atoms with Gasteiger partial charge in [-0.2, -0.15) is 0 Å². The molecule has 0 spiro atoms. The zero-order valence-corrected chi connectivity index (χ0v) is 22.9. The van der Waals surface area contributed by atoms with E-state index in [1.54, 1.807) is 0 Å². The van der Waals surface area contributed by atoms with Gasteiger partial charge >= 0.3 is 5.97 Å². The lowest BCUT2D eigenvalue weighted by atomic mass is 9.83. The molecule has 2 fully saturated rings. The first-order chi connectivity index (χ1) is 18.9. The molecule has 1 aliphatic heterocycles. The predicted octanol–water partition coefficient (Wildman–Crippen LogP) is 5.30. The fourth-order valence-electron chi connectivity index (χ4n) is 5.87. The molecule has 6 nitrogen and oxygen atoms in total. The van der Waals surface area contributed by atoms with Gasteiger partial charge in [-0.3, -0.25) is 14.4 Å². The number of carbonyl (C=O) groups excluding carboxylic acids is 3. The van der Waals surface area contributed by atoms with Crippen LogP contribution in [0.2, 0.25) is 0 Å². The standard InChI is InChI=1S/C33H38N2O4/c1-4-20(2)29-30(39-33(29)38)32(37)35-28-19-26(28)21(3)27(17-14-22-10-6-5-7-11-22)34-31(36)25-16-15-23-12-8-9-13-24(23)18-25/h5-13,15-16,18,20-21,26-30H,4,14,17,19H2,1-3H3,(H,34,36)(H,35,37)/t20-,21+,26-,27+,28-,29-,30+/m0/s1. The third kappa shape index (κ3) is 6.00. The van der Waals surface area contributed by atoms with Gasteiger partial charge in [-0.05, 0) is 65.5 Å². The Morgan fingerprint density at radius 1 is 0.974 bits per heavy atom. The number of carbonyl (C=O) groups is 3. The zero-order chi connectivity index (χ0) is 27.5. The number of nitrogens with one attached hydrogen (secondary N) is 2. The molecule has 2 aliphatic rings. The van der Waals surface area contributed by atoms with Crippen LogP contribution in [0.5, 0.6) is 0 Å². The molecule has 1 saturated carbocycles. The SMILES string of the molecule is CC[C@H](C)[C@@H]1C(=O)O[C@H]1C(=O)N[C@H]1C[C@H]1[C@@H](C)[C@@H](CCc1ccccc1)NC(=O)c1ccc2ccccc2c1. The van der Waals surface area contributed by atoms with E-state index in [9.17, 15) is 14.4 Å². The normalized spacial score (nSPS) is 24.1. The smallest absolute Gasteiger partial charge is 0.314 e. The maximum atomic E-state index is 13.4. The predicted molar refractivity (Wildman–Crippen MR) is 152 cm³/mol. The number of ether oxygens (including phenoxy) is 1. The average Bonchev–Trinajstić information content (AvgIpc) is 3.72. The van der Waals surface area contributed by atoms with Gasteiger partial charge in [0.05, 0.1) is 0 Å². The highest BCUT2D eigenvalue weighted by atomic mass is 16.6. The highest BCUT2D eigenvalue weighted by Crippen LogP contribution is 2.41. The Kier molecular flexibility index (Phi) is 8.01. The van der Waals surface area contributed by atoms with Crippen molar-refractivity contribution in [2.45, 2.75) is 64.6 Å². The third-order valence-corrected chi connectivity index (χ3v) is 8.75. The van der Waals surface area contributed by atoms with Crippen LogP contribution in [0.4, 0.5) is 0 Å². The molecule has 1 saturated heterocycles. The molecule has 2 N–H and O–H groups in total. The number of benzene rings is 3. The van der Waals surface area contributed by atoms with Crippen LogP contribution in [0, 0.1) is 23.7 Å². The number of aryl methyl sites for hydroxylation is 1. The number of hydrogen-bond donors (Lipinski definition) is 2. The average molecular weight is 527 g/mol. The minimum absolute atomic E-state index is 0.0289. The summed E-state index contributed by atoms with van der Waals surface area (Å²) in [5.74, 6) is -0.372. The van der Waals surface area contributed by atoms with E-state index in [0.29, 0.717) is 5.56 Å². The fourth-order valence-corrected chi connectivity index (χ4v) is 5.87. The quantitative estimate of drug-likeness (QED) is 0.332. The number of rotatable bonds is 11. The summed E-state index contributed by atoms with van der Waals surface area (Å²) in [6, 6.07) is 24.1. The van der Waals surface area contributed by atoms with E-state index >= 15 is 0 Å². The second-order valence-electron chi connectivity index (χ2n) is 11.3. The highest BCUT2D eigenvalue weighted by Gasteiger charge is 2.52. The van der Waals surface area contributed by atoms with Crippen molar-refractivity contribution in [1.29, 1.82) is 0 Å². The summed E-state index contributed by atoms with van der Waals surface area (Å²) in [6.07, 6.45) is 2.65. The van der Waals surface area contributed by atoms with Crippen molar-refractivity contribution in [3.63, 3.8) is 0 Å². The Morgan fingerprint density at radius 2 is 1.69 bits per heavy atom. The lowest BCUT2D eigenvalue weighted by Crippen LogP contribution is -2.56. The molecule has 2 amide bonds. The molecular formula is C33H38N2O4. The van der Waals surface area contributed by atoms with Gasteiger partial charge in [0.25, 0.3) is 11.8 Å². The fraction of sp³-hybridized carbons (Fsp3) is 0.424. The number of amides is 2. The molecule has 0 aromatic heterocycles. The van der Waals surface area contributed by atoms with Crippen molar-refractivity contribution < 1.29 is 19.1 Å². The van der Waals surface area contributed by atoms with E-state index in [2.05, 4.69) is 29.7 Å². The van der Waals surface area contributed by atoms with Crippen LogP contribution >= 0.6 is 0 Å². The number of esters is 1. The first-order valence-corrected chi connectivity index (χ1v) is 14.2. The van der Waals surface area contributed by atoms with Gasteiger partial charge in [-0.15, -0.1) is 0 Å². The summed E-state index contributed by atoms with van der Waals surface area (Å²) in [4.78, 5) is 38.2. The summed E-state index contributed by atoms with van der Waals surface area (Å²) >= 11 is 0. The molecule has 204 valence electrons. The van der Waals surface area contributed by atoms with Crippen LogP contribution in [0.3, 0.4) is 0 Å². The highest BCUT2D eigenvalue weighted by molar-refractivity contribution is 5.98. The molecule has 0 bridgehead atoms. The van der Waals surface area contributed by atoms with Crippen molar-refractivity contribution in [1.82, 2.24) is 10.6 Å². The van der Waals surface area contributed by atoms with E-state index in [0.717, 1.165) is 36.5 Å². The van der Waals surface area contributed by atoms with E-state index < -0.39 is 6.10 Å². The lowest BCUT2D eigenvalue weighted by molar-refractivity contribution is -0.193. The van der Waals surface area contributed by atoms with Gasteiger partial charge in [0, 0.05) is 17.6 Å². The van der Waals surface area contributed by atoms with Crippen molar-refractivity contribution >= 4 is 28.6 Å². The van der Waals surface area contributed by atoms with Crippen molar-refractivity contribution in [3.05, 3.63) is 83.9 Å². The molecule has 5 rings (SSSR count). The van der Waals surface area contributed by atoms with Crippen molar-refractivity contribution in [2.75, 3.05) is 0 Å². The Balaban J connectivity index is 1.25. The summed E-state index contributed by atoms with van der Waals surface area (Å²) in [7, 11) is 0. The maximum Gasteiger partial charge on any atom is 0.314 e. The van der Waals surface area contributed by atoms with Crippen LogP contribution in [0.15, 0.2) is 72.8 Å². The molecule has 7 atom stereocenters. The molecule has 0 unspecified atom stereocenters. The lowest BCUT2D eigenvalue weighted by Gasteiger charge is -2.37. The van der Waals surface area contributed by atoms with Crippen molar-refractivity contribution in [2.24, 2.45) is 23.7 Å². The molecule has 1 aliphatic carbocycles. The number of fused-ring (bicyclic) bond motifs is 1. The summed E-state index contributed by atoms with van der Waals surface area (Å²) in [5, 5.41) is 8.59. The van der Waals surface area contributed by atoms with Gasteiger partial charge in [0.15, 0.2) is 6.10 Å². The van der Waals surface area contributed by atoms with Gasteiger partial charge in [0.2, 0.25) is 0 Å². The topological polar surface area (TPSA) is 84.5 Å². The summed E-state index contributed by atoms with van der Waals surface area (Å²) < 4.78 is 5.22. The zero-order valence-electron chi connectivity index (χ0n) is 22.9. The van der Waals surface area contributed by atoms with E-state index in [1.165, 1.54) is 5.56 Å². The largest absolute Gasteiger partial charge is 0.451 e. The Labute approximate surface area is 230 Å².